The van der Waals surface area contributed by atoms with Gasteiger partial charge in [-0.2, -0.15) is 0 Å². The number of amides is 1. The normalized spacial score (nSPS) is 14.7. The maximum absolute atomic E-state index is 11.3. The number of pyridine rings is 1. The second kappa shape index (κ2) is 4.49. The summed E-state index contributed by atoms with van der Waals surface area (Å²) in [6.45, 7) is -0.0120. The third-order valence-electron chi connectivity index (χ3n) is 2.03. The molecule has 0 atom stereocenters. The van der Waals surface area contributed by atoms with Gasteiger partial charge in [0.05, 0.1) is 0 Å². The minimum absolute atomic E-state index is 0.0120. The summed E-state index contributed by atoms with van der Waals surface area (Å²) in [5.41, 5.74) is 0. The minimum Gasteiger partial charge on any atom is -0.481 e. The Bertz CT molecular complexity index is 366. The van der Waals surface area contributed by atoms with E-state index in [0.29, 0.717) is 11.8 Å². The van der Waals surface area contributed by atoms with Gasteiger partial charge >= 0.3 is 0 Å². The number of nitrogens with one attached hydrogen (secondary N) is 1. The van der Waals surface area contributed by atoms with Crippen molar-refractivity contribution in [1.29, 1.82) is 0 Å². The second-order valence-electron chi connectivity index (χ2n) is 3.42. The average Bonchev–Trinajstić information content (AvgIpc) is 3.00. The fraction of sp³-hybridized carbons (Fsp3) is 0.400. The lowest BCUT2D eigenvalue weighted by atomic mass is 10.4. The molecule has 1 saturated carbocycles. The molecule has 1 amide bonds. The van der Waals surface area contributed by atoms with Gasteiger partial charge in [0.2, 0.25) is 0 Å². The molecule has 80 valence electrons. The van der Waals surface area contributed by atoms with Crippen LogP contribution in [0.5, 0.6) is 5.75 Å². The Morgan fingerprint density at radius 3 is 3.13 bits per heavy atom. The smallest absolute Gasteiger partial charge is 0.258 e. The lowest BCUT2D eigenvalue weighted by molar-refractivity contribution is -0.123. The van der Waals surface area contributed by atoms with Gasteiger partial charge in [-0.3, -0.25) is 4.79 Å². The number of ether oxygens (including phenoxy) is 1. The standard InChI is InChI=1S/C10H11ClN2O2/c11-10-8(2-1-5-12-10)15-6-9(14)13-7-3-4-7/h1-2,5,7H,3-4,6H2,(H,13,14). The Hall–Kier alpha value is -1.29. The molecule has 2 rings (SSSR count). The largest absolute Gasteiger partial charge is 0.481 e. The van der Waals surface area contributed by atoms with Gasteiger partial charge in [-0.25, -0.2) is 4.98 Å². The maximum Gasteiger partial charge on any atom is 0.258 e. The summed E-state index contributed by atoms with van der Waals surface area (Å²) in [6, 6.07) is 3.74. The zero-order valence-electron chi connectivity index (χ0n) is 8.07. The molecule has 0 aliphatic heterocycles. The van der Waals surface area contributed by atoms with Gasteiger partial charge in [0.25, 0.3) is 5.91 Å². The van der Waals surface area contributed by atoms with Crippen LogP contribution in [0.3, 0.4) is 0 Å². The molecule has 1 aromatic heterocycles. The average molecular weight is 227 g/mol. The minimum atomic E-state index is -0.114. The summed E-state index contributed by atoms with van der Waals surface area (Å²) >= 11 is 5.76. The molecule has 0 bridgehead atoms. The van der Waals surface area contributed by atoms with Gasteiger partial charge in [0, 0.05) is 12.2 Å². The maximum atomic E-state index is 11.3. The fourth-order valence-electron chi connectivity index (χ4n) is 1.12. The lowest BCUT2D eigenvalue weighted by Crippen LogP contribution is -2.30. The molecule has 1 aliphatic carbocycles. The monoisotopic (exact) mass is 226 g/mol. The molecule has 5 heteroatoms. The van der Waals surface area contributed by atoms with E-state index in [2.05, 4.69) is 10.3 Å². The molecule has 1 fully saturated rings. The number of hydrogen-bond acceptors (Lipinski definition) is 3. The van der Waals surface area contributed by atoms with E-state index in [9.17, 15) is 4.79 Å². The number of aromatic nitrogens is 1. The molecule has 1 N–H and O–H groups in total. The number of carbonyl (C=O) groups is 1. The van der Waals surface area contributed by atoms with Gasteiger partial charge in [0.15, 0.2) is 17.5 Å². The highest BCUT2D eigenvalue weighted by Gasteiger charge is 2.23. The van der Waals surface area contributed by atoms with Crippen LogP contribution in [0.2, 0.25) is 5.15 Å². The molecule has 0 unspecified atom stereocenters. The summed E-state index contributed by atoms with van der Waals surface area (Å²) in [5.74, 6) is 0.322. The molecule has 1 heterocycles. The van der Waals surface area contributed by atoms with Crippen LogP contribution < -0.4 is 10.1 Å². The Morgan fingerprint density at radius 1 is 1.67 bits per heavy atom. The zero-order chi connectivity index (χ0) is 10.7. The Balaban J connectivity index is 1.81. The van der Waals surface area contributed by atoms with Gasteiger partial charge in [-0.15, -0.1) is 0 Å². The molecular formula is C10H11ClN2O2. The quantitative estimate of drug-likeness (QED) is 0.790. The van der Waals surface area contributed by atoms with Crippen molar-refractivity contribution in [2.45, 2.75) is 18.9 Å². The molecular weight excluding hydrogens is 216 g/mol. The first-order valence-electron chi connectivity index (χ1n) is 4.78. The zero-order valence-corrected chi connectivity index (χ0v) is 8.83. The Morgan fingerprint density at radius 2 is 2.47 bits per heavy atom. The van der Waals surface area contributed by atoms with E-state index in [4.69, 9.17) is 16.3 Å². The van der Waals surface area contributed by atoms with Crippen molar-refractivity contribution in [3.63, 3.8) is 0 Å². The van der Waals surface area contributed by atoms with E-state index in [0.717, 1.165) is 12.8 Å². The topological polar surface area (TPSA) is 51.2 Å². The van der Waals surface area contributed by atoms with E-state index in [-0.39, 0.29) is 17.7 Å². The van der Waals surface area contributed by atoms with Gasteiger partial charge in [-0.1, -0.05) is 11.6 Å². The second-order valence-corrected chi connectivity index (χ2v) is 3.78. The van der Waals surface area contributed by atoms with Gasteiger partial charge in [-0.05, 0) is 25.0 Å². The summed E-state index contributed by atoms with van der Waals surface area (Å²) in [5, 5.41) is 3.09. The molecule has 4 nitrogen and oxygen atoms in total. The van der Waals surface area contributed by atoms with Gasteiger partial charge in [0.1, 0.15) is 0 Å². The van der Waals surface area contributed by atoms with Crippen molar-refractivity contribution < 1.29 is 9.53 Å². The van der Waals surface area contributed by atoms with Crippen LogP contribution >= 0.6 is 11.6 Å². The van der Waals surface area contributed by atoms with Crippen molar-refractivity contribution in [3.05, 3.63) is 23.5 Å². The Labute approximate surface area is 92.6 Å². The van der Waals surface area contributed by atoms with E-state index >= 15 is 0 Å². The van der Waals surface area contributed by atoms with Crippen molar-refractivity contribution in [2.75, 3.05) is 6.61 Å². The van der Waals surface area contributed by atoms with Crippen LogP contribution in [0.1, 0.15) is 12.8 Å². The van der Waals surface area contributed by atoms with Crippen molar-refractivity contribution in [3.8, 4) is 5.75 Å². The molecule has 0 radical (unpaired) electrons. The predicted molar refractivity (Wildman–Crippen MR) is 55.9 cm³/mol. The molecule has 0 spiro atoms. The van der Waals surface area contributed by atoms with Crippen molar-refractivity contribution in [2.24, 2.45) is 0 Å². The van der Waals surface area contributed by atoms with Crippen LogP contribution in [-0.4, -0.2) is 23.5 Å². The highest BCUT2D eigenvalue weighted by Crippen LogP contribution is 2.21. The van der Waals surface area contributed by atoms with Crippen LogP contribution in [0.25, 0.3) is 0 Å². The van der Waals surface area contributed by atoms with E-state index < -0.39 is 0 Å². The molecule has 1 aromatic rings. The van der Waals surface area contributed by atoms with Crippen LogP contribution in [0.4, 0.5) is 0 Å². The SMILES string of the molecule is O=C(COc1cccnc1Cl)NC1CC1. The van der Waals surface area contributed by atoms with E-state index in [1.54, 1.807) is 18.3 Å². The van der Waals surface area contributed by atoms with Crippen LogP contribution in [-0.2, 0) is 4.79 Å². The number of rotatable bonds is 4. The summed E-state index contributed by atoms with van der Waals surface area (Å²) in [6.07, 6.45) is 3.71. The van der Waals surface area contributed by atoms with Crippen molar-refractivity contribution in [1.82, 2.24) is 10.3 Å². The third kappa shape index (κ3) is 3.09. The highest BCUT2D eigenvalue weighted by molar-refractivity contribution is 6.30. The summed E-state index contributed by atoms with van der Waals surface area (Å²) in [7, 11) is 0. The fourth-order valence-corrected chi connectivity index (χ4v) is 1.29. The summed E-state index contributed by atoms with van der Waals surface area (Å²) in [4.78, 5) is 15.1. The molecule has 15 heavy (non-hydrogen) atoms. The van der Waals surface area contributed by atoms with Gasteiger partial charge < -0.3 is 10.1 Å². The van der Waals surface area contributed by atoms with E-state index in [1.807, 2.05) is 0 Å². The number of carbonyl (C=O) groups excluding carboxylic acids is 1. The first kappa shape index (κ1) is 10.2. The van der Waals surface area contributed by atoms with Crippen LogP contribution in [0.15, 0.2) is 18.3 Å². The number of nitrogens with zero attached hydrogens (tertiary/aromatic N) is 1. The first-order chi connectivity index (χ1) is 7.25. The third-order valence-corrected chi connectivity index (χ3v) is 2.31. The van der Waals surface area contributed by atoms with Crippen LogP contribution in [0, 0.1) is 0 Å². The molecule has 0 aromatic carbocycles. The molecule has 1 aliphatic rings. The number of halogens is 1. The summed E-state index contributed by atoms with van der Waals surface area (Å²) < 4.78 is 5.22. The first-order valence-corrected chi connectivity index (χ1v) is 5.16. The van der Waals surface area contributed by atoms with Crippen molar-refractivity contribution >= 4 is 17.5 Å². The molecule has 0 saturated heterocycles. The predicted octanol–water partition coefficient (Wildman–Crippen LogP) is 1.39. The number of hydrogen-bond donors (Lipinski definition) is 1. The highest BCUT2D eigenvalue weighted by atomic mass is 35.5. The van der Waals surface area contributed by atoms with E-state index in [1.165, 1.54) is 0 Å². The lowest BCUT2D eigenvalue weighted by Gasteiger charge is -2.06. The Kier molecular flexibility index (Phi) is 3.06.